The maximum Gasteiger partial charge on any atom is 0.0338 e. The van der Waals surface area contributed by atoms with Crippen LogP contribution >= 0.6 is 11.3 Å². The SMILES string of the molecule is Cc1ccc(C2c3sccc3CNC2C)cc1. The molecule has 1 aliphatic heterocycles. The molecule has 0 spiro atoms. The second-order valence-electron chi connectivity index (χ2n) is 4.87. The standard InChI is InChI=1S/C15H17NS/c1-10-3-5-12(6-4-10)14-11(2)16-9-13-7-8-17-15(13)14/h3-8,11,14,16H,9H2,1-2H3. The smallest absolute Gasteiger partial charge is 0.0338 e. The highest BCUT2D eigenvalue weighted by Crippen LogP contribution is 2.37. The van der Waals surface area contributed by atoms with Crippen LogP contribution in [0.1, 0.15) is 34.4 Å². The molecule has 2 heteroatoms. The number of rotatable bonds is 1. The maximum absolute atomic E-state index is 3.59. The number of nitrogens with one attached hydrogen (secondary N) is 1. The first-order valence-electron chi connectivity index (χ1n) is 6.12. The molecular weight excluding hydrogens is 226 g/mol. The van der Waals surface area contributed by atoms with Crippen LogP contribution in [0.3, 0.4) is 0 Å². The molecule has 0 bridgehead atoms. The summed E-state index contributed by atoms with van der Waals surface area (Å²) in [6, 6.07) is 11.7. The van der Waals surface area contributed by atoms with Crippen LogP contribution in [0.15, 0.2) is 35.7 Å². The summed E-state index contributed by atoms with van der Waals surface area (Å²) >= 11 is 1.90. The fourth-order valence-electron chi connectivity index (χ4n) is 2.60. The van der Waals surface area contributed by atoms with E-state index >= 15 is 0 Å². The molecule has 2 heterocycles. The number of aryl methyl sites for hydroxylation is 1. The molecule has 2 unspecified atom stereocenters. The van der Waals surface area contributed by atoms with Crippen molar-refractivity contribution in [3.63, 3.8) is 0 Å². The first-order valence-corrected chi connectivity index (χ1v) is 7.00. The molecule has 17 heavy (non-hydrogen) atoms. The van der Waals surface area contributed by atoms with Crippen LogP contribution < -0.4 is 5.32 Å². The molecule has 2 atom stereocenters. The Morgan fingerprint density at radius 3 is 2.71 bits per heavy atom. The summed E-state index contributed by atoms with van der Waals surface area (Å²) in [4.78, 5) is 1.54. The van der Waals surface area contributed by atoms with Crippen LogP contribution in [0.5, 0.6) is 0 Å². The van der Waals surface area contributed by atoms with Gasteiger partial charge in [0.05, 0.1) is 0 Å². The summed E-state index contributed by atoms with van der Waals surface area (Å²) in [6.45, 7) is 5.44. The molecule has 2 aromatic rings. The zero-order valence-corrected chi connectivity index (χ0v) is 11.1. The number of fused-ring (bicyclic) bond motifs is 1. The van der Waals surface area contributed by atoms with Gasteiger partial charge in [0, 0.05) is 23.4 Å². The molecule has 0 aliphatic carbocycles. The van der Waals surface area contributed by atoms with E-state index in [4.69, 9.17) is 0 Å². The van der Waals surface area contributed by atoms with Gasteiger partial charge in [-0.15, -0.1) is 11.3 Å². The van der Waals surface area contributed by atoms with Gasteiger partial charge in [0.2, 0.25) is 0 Å². The van der Waals surface area contributed by atoms with E-state index in [1.54, 1.807) is 4.88 Å². The summed E-state index contributed by atoms with van der Waals surface area (Å²) in [5.74, 6) is 0.513. The van der Waals surface area contributed by atoms with Crippen LogP contribution in [0.2, 0.25) is 0 Å². The van der Waals surface area contributed by atoms with Crippen LogP contribution in [-0.4, -0.2) is 6.04 Å². The van der Waals surface area contributed by atoms with Crippen molar-refractivity contribution in [2.45, 2.75) is 32.4 Å². The molecule has 0 amide bonds. The highest BCUT2D eigenvalue weighted by Gasteiger charge is 2.28. The first-order chi connectivity index (χ1) is 8.25. The second-order valence-corrected chi connectivity index (χ2v) is 5.82. The molecule has 0 saturated heterocycles. The molecule has 1 aliphatic rings. The van der Waals surface area contributed by atoms with E-state index in [1.165, 1.54) is 16.7 Å². The van der Waals surface area contributed by atoms with E-state index in [1.807, 2.05) is 11.3 Å². The Morgan fingerprint density at radius 2 is 1.94 bits per heavy atom. The van der Waals surface area contributed by atoms with Gasteiger partial charge in [-0.2, -0.15) is 0 Å². The van der Waals surface area contributed by atoms with Crippen molar-refractivity contribution >= 4 is 11.3 Å². The molecule has 1 nitrogen and oxygen atoms in total. The zero-order valence-electron chi connectivity index (χ0n) is 10.2. The lowest BCUT2D eigenvalue weighted by Crippen LogP contribution is -2.36. The minimum atomic E-state index is 0.513. The van der Waals surface area contributed by atoms with Gasteiger partial charge in [-0.3, -0.25) is 0 Å². The Morgan fingerprint density at radius 1 is 1.18 bits per heavy atom. The summed E-state index contributed by atoms with van der Waals surface area (Å²) in [6.07, 6.45) is 0. The fraction of sp³-hybridized carbons (Fsp3) is 0.333. The second kappa shape index (κ2) is 4.28. The molecule has 1 aromatic carbocycles. The number of hydrogen-bond acceptors (Lipinski definition) is 2. The largest absolute Gasteiger partial charge is 0.309 e. The third-order valence-corrected chi connectivity index (χ3v) is 4.66. The van der Waals surface area contributed by atoms with Gasteiger partial charge >= 0.3 is 0 Å². The van der Waals surface area contributed by atoms with Gasteiger partial charge < -0.3 is 5.32 Å². The van der Waals surface area contributed by atoms with E-state index in [9.17, 15) is 0 Å². The van der Waals surface area contributed by atoms with Gasteiger partial charge in [-0.1, -0.05) is 29.8 Å². The normalized spacial score (nSPS) is 23.4. The van der Waals surface area contributed by atoms with E-state index in [0.29, 0.717) is 12.0 Å². The topological polar surface area (TPSA) is 12.0 Å². The monoisotopic (exact) mass is 243 g/mol. The Labute approximate surface area is 106 Å². The van der Waals surface area contributed by atoms with E-state index in [-0.39, 0.29) is 0 Å². The lowest BCUT2D eigenvalue weighted by atomic mass is 9.86. The number of thiophene rings is 1. The Balaban J connectivity index is 2.05. The van der Waals surface area contributed by atoms with Crippen LogP contribution in [-0.2, 0) is 6.54 Å². The summed E-state index contributed by atoms with van der Waals surface area (Å²) in [5, 5.41) is 5.81. The van der Waals surface area contributed by atoms with Gasteiger partial charge in [0.15, 0.2) is 0 Å². The Hall–Kier alpha value is -1.12. The molecule has 1 N–H and O–H groups in total. The Kier molecular flexibility index (Phi) is 2.77. The van der Waals surface area contributed by atoms with E-state index < -0.39 is 0 Å². The summed E-state index contributed by atoms with van der Waals surface area (Å²) in [5.41, 5.74) is 4.23. The minimum Gasteiger partial charge on any atom is -0.309 e. The molecule has 0 radical (unpaired) electrons. The molecular formula is C15H17NS. The van der Waals surface area contributed by atoms with Gasteiger partial charge in [0.25, 0.3) is 0 Å². The average Bonchev–Trinajstić information content (AvgIpc) is 2.79. The van der Waals surface area contributed by atoms with Crippen molar-refractivity contribution in [2.75, 3.05) is 0 Å². The van der Waals surface area contributed by atoms with Crippen molar-refractivity contribution in [1.82, 2.24) is 5.32 Å². The highest BCUT2D eigenvalue weighted by atomic mass is 32.1. The van der Waals surface area contributed by atoms with Crippen LogP contribution in [0.25, 0.3) is 0 Å². The van der Waals surface area contributed by atoms with Gasteiger partial charge in [-0.25, -0.2) is 0 Å². The van der Waals surface area contributed by atoms with Crippen LogP contribution in [0, 0.1) is 6.92 Å². The third kappa shape index (κ3) is 1.92. The summed E-state index contributed by atoms with van der Waals surface area (Å²) in [7, 11) is 0. The summed E-state index contributed by atoms with van der Waals surface area (Å²) < 4.78 is 0. The quantitative estimate of drug-likeness (QED) is 0.805. The molecule has 3 rings (SSSR count). The third-order valence-electron chi connectivity index (χ3n) is 3.61. The Bertz CT molecular complexity index is 512. The predicted octanol–water partition coefficient (Wildman–Crippen LogP) is 3.68. The zero-order chi connectivity index (χ0) is 11.8. The van der Waals surface area contributed by atoms with Crippen LogP contribution in [0.4, 0.5) is 0 Å². The average molecular weight is 243 g/mol. The van der Waals surface area contributed by atoms with Crippen molar-refractivity contribution in [3.8, 4) is 0 Å². The van der Waals surface area contributed by atoms with E-state index in [0.717, 1.165) is 6.54 Å². The van der Waals surface area contributed by atoms with Crippen molar-refractivity contribution in [3.05, 3.63) is 57.3 Å². The van der Waals surface area contributed by atoms with Crippen molar-refractivity contribution in [2.24, 2.45) is 0 Å². The van der Waals surface area contributed by atoms with E-state index in [2.05, 4.69) is 54.9 Å². The van der Waals surface area contributed by atoms with Gasteiger partial charge in [-0.05, 0) is 36.4 Å². The minimum absolute atomic E-state index is 0.513. The van der Waals surface area contributed by atoms with Crippen molar-refractivity contribution in [1.29, 1.82) is 0 Å². The fourth-order valence-corrected chi connectivity index (χ4v) is 3.75. The molecule has 0 fully saturated rings. The number of hydrogen-bond donors (Lipinski definition) is 1. The van der Waals surface area contributed by atoms with Crippen molar-refractivity contribution < 1.29 is 0 Å². The van der Waals surface area contributed by atoms with Gasteiger partial charge in [0.1, 0.15) is 0 Å². The highest BCUT2D eigenvalue weighted by molar-refractivity contribution is 7.10. The predicted molar refractivity (Wildman–Crippen MR) is 73.6 cm³/mol. The lowest BCUT2D eigenvalue weighted by Gasteiger charge is -2.30. The number of benzene rings is 1. The maximum atomic E-state index is 3.59. The molecule has 1 aromatic heterocycles. The lowest BCUT2D eigenvalue weighted by molar-refractivity contribution is 0.473. The molecule has 0 saturated carbocycles. The molecule has 88 valence electrons. The first kappa shape index (κ1) is 11.0.